The number of thiophene rings is 2. The Balaban J connectivity index is 0.000000129. The van der Waals surface area contributed by atoms with E-state index in [0.717, 1.165) is 122 Å². The van der Waals surface area contributed by atoms with Crippen LogP contribution in [0.1, 0.15) is 53.9 Å². The number of thiazole rings is 4. The fraction of sp³-hybridized carbons (Fsp3) is 0.110. The van der Waals surface area contributed by atoms with E-state index in [2.05, 4.69) is 157 Å². The molecule has 650 valence electrons. The topological polar surface area (TPSA) is 302 Å². The highest BCUT2D eigenvalue weighted by Gasteiger charge is 2.10. The Morgan fingerprint density at radius 2 is 0.769 bits per heavy atom. The summed E-state index contributed by atoms with van der Waals surface area (Å²) in [6, 6.07) is 63.1. The van der Waals surface area contributed by atoms with Crippen LogP contribution < -0.4 is 0 Å². The highest BCUT2D eigenvalue weighted by molar-refractivity contribution is 7.16. The van der Waals surface area contributed by atoms with Gasteiger partial charge < -0.3 is 22.4 Å². The minimum atomic E-state index is 0.626. The zero-order valence-corrected chi connectivity index (χ0v) is 77.8. The Labute approximate surface area is 777 Å². The predicted octanol–water partition coefficient (Wildman–Crippen LogP) is 26.0. The summed E-state index contributed by atoms with van der Waals surface area (Å²) in [5.41, 5.74) is 18.0. The minimum absolute atomic E-state index is 0.626. The number of oxazole rings is 2. The molecule has 0 aliphatic rings. The monoisotopic (exact) mass is 1830 g/mol. The van der Waals surface area contributed by atoms with E-state index >= 15 is 0 Å². The standard InChI is InChI=1S/2C10H9NS.4C9H8N2O.4C9H8N2S.C8H8N2/c1-8-4-5-10(12-8)9-3-2-6-11-7-9;1-8-5-6-10(12-8)9-4-2-3-7-11-9;1-7-11-9(6-12-7)8-3-2-4-10-5-8;1-7-6-12-9(11-7)8-3-2-4-10-5-8;1-7-5-9(11-12-7)8-3-2-4-10-6-8;1-7-5-9(12-11-7)8-3-2-4-10-6-8;1-7-6-12-9(11-7)8-3-2-4-10-5-8;1-7-5-11-9(12-7)8-3-2-4-10-6-8;1-7-6-12-9(11-7)8-4-2-3-5-10-8;1-7-6-11-9(12-7)8-4-2-3-5-10-8;1-10-6-4-7-8(10)3-2-5-9-7/h2*2-7H,1H3;8*2-6H,1H3;2-6H,1H3. The van der Waals surface area contributed by atoms with Gasteiger partial charge in [0, 0.05) is 236 Å². The summed E-state index contributed by atoms with van der Waals surface area (Å²) in [6.45, 7) is 19.8. The first-order valence-electron chi connectivity index (χ1n) is 40.4. The van der Waals surface area contributed by atoms with Crippen molar-refractivity contribution in [1.82, 2.24) is 99.6 Å². The third-order valence-electron chi connectivity index (χ3n) is 17.3. The molecule has 22 aromatic rings. The number of hydrogen-bond donors (Lipinski definition) is 0. The normalized spacial score (nSPS) is 10.1. The lowest BCUT2D eigenvalue weighted by atomic mass is 10.2. The Hall–Kier alpha value is -15.1. The number of nitrogens with zero attached hydrogens (tertiary/aromatic N) is 20. The SMILES string of the molecule is Cc1cc(-c2cccnc2)no1.Cc1cc(-c2cccnc2)on1.Cc1ccc(-c2ccccn2)s1.Cc1ccc(-c2cccnc2)s1.Cc1cnc(-c2ccccn2)s1.Cc1cnc(-c2cccnc2)s1.Cc1coc(-c2cccnc2)n1.Cc1csc(-c2ccccn2)n1.Cc1csc(-c2cccnc2)n1.Cc1nc(-c2cccnc2)co1.Cn1ccc2ncccc21. The van der Waals surface area contributed by atoms with E-state index in [9.17, 15) is 0 Å². The molecule has 0 N–H and O–H groups in total. The summed E-state index contributed by atoms with van der Waals surface area (Å²) in [4.78, 5) is 78.2. The number of pyridine rings is 11. The summed E-state index contributed by atoms with van der Waals surface area (Å²) >= 11 is 10.2. The zero-order chi connectivity index (χ0) is 90.9. The smallest absolute Gasteiger partial charge is 0.227 e. The van der Waals surface area contributed by atoms with Crippen molar-refractivity contribution in [2.45, 2.75) is 69.2 Å². The van der Waals surface area contributed by atoms with E-state index in [0.29, 0.717) is 11.8 Å². The molecule has 0 saturated carbocycles. The third-order valence-corrected chi connectivity index (χ3v) is 23.3. The van der Waals surface area contributed by atoms with E-state index in [1.807, 2.05) is 274 Å². The van der Waals surface area contributed by atoms with Crippen molar-refractivity contribution in [1.29, 1.82) is 0 Å². The molecular weight excluding hydrogens is 1740 g/mol. The van der Waals surface area contributed by atoms with Gasteiger partial charge in [0.1, 0.15) is 49.7 Å². The highest BCUT2D eigenvalue weighted by Crippen LogP contribution is 2.30. The van der Waals surface area contributed by atoms with E-state index < -0.39 is 0 Å². The first-order valence-corrected chi connectivity index (χ1v) is 45.5. The van der Waals surface area contributed by atoms with Gasteiger partial charge in [-0.15, -0.1) is 68.0 Å². The Kier molecular flexibility index (Phi) is 36.4. The van der Waals surface area contributed by atoms with Crippen LogP contribution in [0.25, 0.3) is 120 Å². The molecule has 0 amide bonds. The van der Waals surface area contributed by atoms with Gasteiger partial charge >= 0.3 is 0 Å². The molecule has 24 nitrogen and oxygen atoms in total. The molecule has 0 saturated heterocycles. The molecule has 0 bridgehead atoms. The highest BCUT2D eigenvalue weighted by atomic mass is 32.1. The fourth-order valence-electron chi connectivity index (χ4n) is 11.2. The molecule has 0 fully saturated rings. The third kappa shape index (κ3) is 30.6. The zero-order valence-electron chi connectivity index (χ0n) is 72.9. The lowest BCUT2D eigenvalue weighted by molar-refractivity contribution is 0.399. The second-order valence-electron chi connectivity index (χ2n) is 27.8. The van der Waals surface area contributed by atoms with Gasteiger partial charge in [-0.1, -0.05) is 34.6 Å². The van der Waals surface area contributed by atoms with Crippen molar-refractivity contribution in [2.24, 2.45) is 7.05 Å². The lowest BCUT2D eigenvalue weighted by Gasteiger charge is -1.92. The van der Waals surface area contributed by atoms with Crippen molar-refractivity contribution in [3.05, 3.63) is 401 Å². The van der Waals surface area contributed by atoms with E-state index in [4.69, 9.17) is 17.9 Å². The van der Waals surface area contributed by atoms with Gasteiger partial charge in [-0.05, 0) is 220 Å². The van der Waals surface area contributed by atoms with Crippen LogP contribution in [0.2, 0.25) is 0 Å². The summed E-state index contributed by atoms with van der Waals surface area (Å²) in [5, 5.41) is 15.8. The van der Waals surface area contributed by atoms with Crippen LogP contribution in [0.15, 0.2) is 365 Å². The van der Waals surface area contributed by atoms with Crippen LogP contribution in [-0.4, -0.2) is 99.6 Å². The quantitative estimate of drug-likeness (QED) is 0.123. The van der Waals surface area contributed by atoms with Crippen molar-refractivity contribution in [2.75, 3.05) is 0 Å². The molecule has 0 aromatic carbocycles. The van der Waals surface area contributed by atoms with Crippen LogP contribution in [-0.2, 0) is 7.05 Å². The summed E-state index contributed by atoms with van der Waals surface area (Å²) in [6.07, 6.45) is 41.0. The van der Waals surface area contributed by atoms with E-state index in [1.54, 1.807) is 161 Å². The summed E-state index contributed by atoms with van der Waals surface area (Å²) in [7, 11) is 2.02. The van der Waals surface area contributed by atoms with Crippen molar-refractivity contribution >= 4 is 79.1 Å². The number of aromatic nitrogens is 20. The van der Waals surface area contributed by atoms with Gasteiger partial charge in [-0.2, -0.15) is 0 Å². The molecule has 0 unspecified atom stereocenters. The molecule has 0 radical (unpaired) electrons. The van der Waals surface area contributed by atoms with Crippen molar-refractivity contribution < 1.29 is 17.9 Å². The molecule has 0 aliphatic heterocycles. The Morgan fingerprint density at radius 1 is 0.292 bits per heavy atom. The molecule has 130 heavy (non-hydrogen) atoms. The minimum Gasteiger partial charge on any atom is -0.449 e. The number of rotatable bonds is 10. The average Bonchev–Trinajstić information content (AvgIpc) is 1.70. The number of hydrogen-bond acceptors (Lipinski definition) is 29. The van der Waals surface area contributed by atoms with Gasteiger partial charge in [0.05, 0.1) is 49.9 Å². The molecule has 0 aliphatic carbocycles. The maximum absolute atomic E-state index is 5.20. The fourth-order valence-corrected chi connectivity index (χ4v) is 15.9. The van der Waals surface area contributed by atoms with Gasteiger partial charge in [0.2, 0.25) is 5.89 Å². The molecule has 22 rings (SSSR count). The van der Waals surface area contributed by atoms with Crippen LogP contribution >= 0.6 is 68.0 Å². The van der Waals surface area contributed by atoms with Gasteiger partial charge in [-0.25, -0.2) is 29.9 Å². The van der Waals surface area contributed by atoms with Crippen LogP contribution in [0.4, 0.5) is 0 Å². The molecular formula is C100H90N20O4S6. The first-order chi connectivity index (χ1) is 63.5. The first kappa shape index (κ1) is 94.1. The van der Waals surface area contributed by atoms with E-state index in [1.165, 1.54) is 40.3 Å². The molecule has 0 spiro atoms. The van der Waals surface area contributed by atoms with Crippen molar-refractivity contribution in [3.63, 3.8) is 0 Å². The molecule has 30 heteroatoms. The van der Waals surface area contributed by atoms with Crippen LogP contribution in [0.5, 0.6) is 0 Å². The Morgan fingerprint density at radius 3 is 1.20 bits per heavy atom. The van der Waals surface area contributed by atoms with Gasteiger partial charge in [0.25, 0.3) is 0 Å². The van der Waals surface area contributed by atoms with Crippen LogP contribution in [0, 0.1) is 69.2 Å². The van der Waals surface area contributed by atoms with Gasteiger partial charge in [-0.3, -0.25) is 54.8 Å². The average molecular weight is 1830 g/mol. The largest absolute Gasteiger partial charge is 0.449 e. The van der Waals surface area contributed by atoms with Crippen molar-refractivity contribution in [3.8, 4) is 109 Å². The molecule has 22 aromatic heterocycles. The number of fused-ring (bicyclic) bond motifs is 1. The number of aryl methyl sites for hydroxylation is 11. The summed E-state index contributed by atoms with van der Waals surface area (Å²) in [5.74, 6) is 2.88. The predicted molar refractivity (Wildman–Crippen MR) is 524 cm³/mol. The lowest BCUT2D eigenvalue weighted by Crippen LogP contribution is -1.82. The van der Waals surface area contributed by atoms with Crippen LogP contribution in [0.3, 0.4) is 0 Å². The maximum atomic E-state index is 5.20. The van der Waals surface area contributed by atoms with E-state index in [-0.39, 0.29) is 0 Å². The molecule has 0 atom stereocenters. The second kappa shape index (κ2) is 50.3. The molecule has 22 heterocycles. The van der Waals surface area contributed by atoms with Gasteiger partial charge in [0.15, 0.2) is 11.7 Å². The maximum Gasteiger partial charge on any atom is 0.227 e. The Bertz CT molecular complexity index is 5640. The summed E-state index contributed by atoms with van der Waals surface area (Å²) < 4.78 is 22.3. The second-order valence-corrected chi connectivity index (χ2v) is 34.6.